The lowest BCUT2D eigenvalue weighted by atomic mass is 9.88. The maximum atomic E-state index is 4.49. The number of fused-ring (bicyclic) bond motifs is 1. The van der Waals surface area contributed by atoms with Crippen LogP contribution < -0.4 is 5.32 Å². The third-order valence-corrected chi connectivity index (χ3v) is 4.26. The summed E-state index contributed by atoms with van der Waals surface area (Å²) in [4.78, 5) is 4.49. The van der Waals surface area contributed by atoms with Gasteiger partial charge in [0.05, 0.1) is 10.5 Å². The van der Waals surface area contributed by atoms with Gasteiger partial charge in [-0.15, -0.1) is 0 Å². The molecule has 1 aliphatic carbocycles. The Morgan fingerprint density at radius 2 is 2.16 bits per heavy atom. The average Bonchev–Trinajstić information content (AvgIpc) is 2.42. The van der Waals surface area contributed by atoms with E-state index in [4.69, 9.17) is 0 Å². The first kappa shape index (κ1) is 12.7. The van der Waals surface area contributed by atoms with E-state index in [1.165, 1.54) is 36.0 Å². The highest BCUT2D eigenvalue weighted by atomic mass is 79.9. The van der Waals surface area contributed by atoms with Gasteiger partial charge in [0.1, 0.15) is 5.82 Å². The third kappa shape index (κ3) is 2.66. The lowest BCUT2D eigenvalue weighted by Crippen LogP contribution is -2.18. The third-order valence-electron chi connectivity index (χ3n) is 3.66. The molecule has 19 heavy (non-hydrogen) atoms. The highest BCUT2D eigenvalue weighted by Crippen LogP contribution is 2.33. The summed E-state index contributed by atoms with van der Waals surface area (Å²) in [5, 5.41) is 3.57. The van der Waals surface area contributed by atoms with E-state index >= 15 is 0 Å². The number of hydrogen-bond donors (Lipinski definition) is 1. The lowest BCUT2D eigenvalue weighted by molar-refractivity contribution is 0.598. The summed E-state index contributed by atoms with van der Waals surface area (Å²) in [6.45, 7) is 2.05. The summed E-state index contributed by atoms with van der Waals surface area (Å²) in [5.74, 6) is 0.937. The molecule has 1 aromatic heterocycles. The molecular weight excluding hydrogens is 300 g/mol. The van der Waals surface area contributed by atoms with Crippen molar-refractivity contribution >= 4 is 21.7 Å². The first-order valence-electron chi connectivity index (χ1n) is 6.70. The molecule has 2 nitrogen and oxygen atoms in total. The molecule has 2 aromatic rings. The SMILES string of the molecule is Cc1cnc(NC2CCCc3ccccc32)c(Br)c1. The molecule has 0 bridgehead atoms. The molecule has 1 heterocycles. The summed E-state index contributed by atoms with van der Waals surface area (Å²) in [5.41, 5.74) is 4.05. The first-order valence-corrected chi connectivity index (χ1v) is 7.50. The normalized spacial score (nSPS) is 17.9. The zero-order chi connectivity index (χ0) is 13.2. The predicted molar refractivity (Wildman–Crippen MR) is 82.4 cm³/mol. The Morgan fingerprint density at radius 3 is 3.00 bits per heavy atom. The number of pyridine rings is 1. The Bertz CT molecular complexity index is 595. The molecule has 0 aliphatic heterocycles. The Kier molecular flexibility index (Phi) is 3.56. The van der Waals surface area contributed by atoms with E-state index in [-0.39, 0.29) is 0 Å². The predicted octanol–water partition coefficient (Wildman–Crippen LogP) is 4.64. The topological polar surface area (TPSA) is 24.9 Å². The van der Waals surface area contributed by atoms with E-state index < -0.39 is 0 Å². The van der Waals surface area contributed by atoms with Crippen LogP contribution >= 0.6 is 15.9 Å². The van der Waals surface area contributed by atoms with Crippen LogP contribution in [0.2, 0.25) is 0 Å². The molecule has 0 amide bonds. The average molecular weight is 317 g/mol. The smallest absolute Gasteiger partial charge is 0.140 e. The van der Waals surface area contributed by atoms with Crippen LogP contribution in [0.4, 0.5) is 5.82 Å². The van der Waals surface area contributed by atoms with Gasteiger partial charge in [0, 0.05) is 6.20 Å². The zero-order valence-corrected chi connectivity index (χ0v) is 12.6. The number of nitrogens with zero attached hydrogens (tertiary/aromatic N) is 1. The molecular formula is C16H17BrN2. The molecule has 3 heteroatoms. The van der Waals surface area contributed by atoms with Crippen molar-refractivity contribution in [1.29, 1.82) is 0 Å². The monoisotopic (exact) mass is 316 g/mol. The molecule has 1 N–H and O–H groups in total. The number of halogens is 1. The number of anilines is 1. The van der Waals surface area contributed by atoms with Gasteiger partial charge in [-0.2, -0.15) is 0 Å². The van der Waals surface area contributed by atoms with Gasteiger partial charge >= 0.3 is 0 Å². The number of benzene rings is 1. The lowest BCUT2D eigenvalue weighted by Gasteiger charge is -2.27. The second-order valence-corrected chi connectivity index (χ2v) is 5.99. The molecule has 1 unspecified atom stereocenters. The van der Waals surface area contributed by atoms with Crippen molar-refractivity contribution in [3.8, 4) is 0 Å². The first-order chi connectivity index (χ1) is 9.24. The summed E-state index contributed by atoms with van der Waals surface area (Å²) in [6, 6.07) is 11.2. The number of rotatable bonds is 2. The van der Waals surface area contributed by atoms with Crippen molar-refractivity contribution in [3.63, 3.8) is 0 Å². The van der Waals surface area contributed by atoms with E-state index in [2.05, 4.69) is 63.5 Å². The number of aryl methyl sites for hydroxylation is 2. The molecule has 0 fully saturated rings. The van der Waals surface area contributed by atoms with Gasteiger partial charge in [-0.05, 0) is 64.9 Å². The molecule has 0 saturated carbocycles. The second kappa shape index (κ2) is 5.33. The molecule has 1 aromatic carbocycles. The Hall–Kier alpha value is -1.35. The van der Waals surface area contributed by atoms with Gasteiger partial charge in [-0.3, -0.25) is 0 Å². The summed E-state index contributed by atoms with van der Waals surface area (Å²) in [7, 11) is 0. The highest BCUT2D eigenvalue weighted by Gasteiger charge is 2.20. The molecule has 0 spiro atoms. The van der Waals surface area contributed by atoms with Gasteiger partial charge in [-0.1, -0.05) is 24.3 Å². The minimum atomic E-state index is 0.372. The van der Waals surface area contributed by atoms with Crippen LogP contribution in [0.5, 0.6) is 0 Å². The summed E-state index contributed by atoms with van der Waals surface area (Å²) in [6.07, 6.45) is 5.50. The molecule has 1 atom stereocenters. The molecule has 98 valence electrons. The van der Waals surface area contributed by atoms with Crippen LogP contribution in [0.15, 0.2) is 41.0 Å². The number of hydrogen-bond acceptors (Lipinski definition) is 2. The van der Waals surface area contributed by atoms with Gasteiger partial charge in [0.15, 0.2) is 0 Å². The largest absolute Gasteiger partial charge is 0.362 e. The number of aromatic nitrogens is 1. The molecule has 0 radical (unpaired) electrons. The standard InChI is InChI=1S/C16H17BrN2/c1-11-9-14(17)16(18-10-11)19-15-8-4-6-12-5-2-3-7-13(12)15/h2-3,5,7,9-10,15H,4,6,8H2,1H3,(H,18,19). The molecule has 3 rings (SSSR count). The van der Waals surface area contributed by atoms with Crippen LogP contribution in [0.25, 0.3) is 0 Å². The van der Waals surface area contributed by atoms with Crippen molar-refractivity contribution in [1.82, 2.24) is 4.98 Å². The van der Waals surface area contributed by atoms with Gasteiger partial charge in [0.2, 0.25) is 0 Å². The van der Waals surface area contributed by atoms with Crippen LogP contribution in [0.1, 0.15) is 35.6 Å². The van der Waals surface area contributed by atoms with Crippen molar-refractivity contribution in [2.75, 3.05) is 5.32 Å². The van der Waals surface area contributed by atoms with E-state index in [0.29, 0.717) is 6.04 Å². The second-order valence-electron chi connectivity index (χ2n) is 5.13. The fourth-order valence-corrected chi connectivity index (χ4v) is 3.29. The van der Waals surface area contributed by atoms with E-state index in [9.17, 15) is 0 Å². The summed E-state index contributed by atoms with van der Waals surface area (Å²) >= 11 is 3.59. The number of nitrogens with one attached hydrogen (secondary N) is 1. The Labute approximate surface area is 122 Å². The molecule has 0 saturated heterocycles. The fourth-order valence-electron chi connectivity index (χ4n) is 2.71. The Balaban J connectivity index is 1.88. The highest BCUT2D eigenvalue weighted by molar-refractivity contribution is 9.10. The van der Waals surface area contributed by atoms with Crippen LogP contribution in [0, 0.1) is 6.92 Å². The van der Waals surface area contributed by atoms with Crippen LogP contribution in [-0.4, -0.2) is 4.98 Å². The van der Waals surface area contributed by atoms with Crippen LogP contribution in [0.3, 0.4) is 0 Å². The Morgan fingerprint density at radius 1 is 1.32 bits per heavy atom. The zero-order valence-electron chi connectivity index (χ0n) is 11.0. The van der Waals surface area contributed by atoms with Crippen molar-refractivity contribution in [3.05, 3.63) is 57.7 Å². The quantitative estimate of drug-likeness (QED) is 0.872. The maximum Gasteiger partial charge on any atom is 0.140 e. The maximum absolute atomic E-state index is 4.49. The van der Waals surface area contributed by atoms with Crippen molar-refractivity contribution < 1.29 is 0 Å². The van der Waals surface area contributed by atoms with Crippen molar-refractivity contribution in [2.24, 2.45) is 0 Å². The van der Waals surface area contributed by atoms with Crippen LogP contribution in [-0.2, 0) is 6.42 Å². The minimum Gasteiger partial charge on any atom is -0.362 e. The van der Waals surface area contributed by atoms with Gasteiger partial charge in [-0.25, -0.2) is 4.98 Å². The fraction of sp³-hybridized carbons (Fsp3) is 0.312. The van der Waals surface area contributed by atoms with E-state index in [1.807, 2.05) is 6.20 Å². The van der Waals surface area contributed by atoms with E-state index in [0.717, 1.165) is 10.3 Å². The van der Waals surface area contributed by atoms with Gasteiger partial charge < -0.3 is 5.32 Å². The van der Waals surface area contributed by atoms with Gasteiger partial charge in [0.25, 0.3) is 0 Å². The summed E-state index contributed by atoms with van der Waals surface area (Å²) < 4.78 is 1.04. The van der Waals surface area contributed by atoms with E-state index in [1.54, 1.807) is 0 Å². The van der Waals surface area contributed by atoms with Crippen molar-refractivity contribution in [2.45, 2.75) is 32.2 Å². The minimum absolute atomic E-state index is 0.372. The molecule has 1 aliphatic rings.